The van der Waals surface area contributed by atoms with Crippen molar-refractivity contribution in [2.75, 3.05) is 13.2 Å². The third-order valence-corrected chi connectivity index (χ3v) is 5.92. The van der Waals surface area contributed by atoms with Gasteiger partial charge in [-0.25, -0.2) is 0 Å². The zero-order valence-electron chi connectivity index (χ0n) is 17.0. The van der Waals surface area contributed by atoms with Gasteiger partial charge in [-0.05, 0) is 30.7 Å². The van der Waals surface area contributed by atoms with Gasteiger partial charge in [-0.3, -0.25) is 4.79 Å². The summed E-state index contributed by atoms with van der Waals surface area (Å²) in [5.74, 6) is 2.54. The van der Waals surface area contributed by atoms with E-state index < -0.39 is 6.10 Å². The first-order valence-corrected chi connectivity index (χ1v) is 11.1. The lowest BCUT2D eigenvalue weighted by atomic mass is 10.2. The van der Waals surface area contributed by atoms with E-state index in [1.807, 2.05) is 54.6 Å². The zero-order chi connectivity index (χ0) is 21.2. The molecule has 7 nitrogen and oxygen atoms in total. The molecular weight excluding hydrogens is 414 g/mol. The molecule has 0 amide bonds. The predicted octanol–water partition coefficient (Wildman–Crippen LogP) is 3.39. The average molecular weight is 436 g/mol. The lowest BCUT2D eigenvalue weighted by Gasteiger charge is -2.24. The molecule has 0 spiro atoms. The summed E-state index contributed by atoms with van der Waals surface area (Å²) in [6.45, 7) is 3.07. The molecule has 0 aliphatic carbocycles. The van der Waals surface area contributed by atoms with E-state index in [1.54, 1.807) is 0 Å². The van der Waals surface area contributed by atoms with Crippen molar-refractivity contribution in [3.05, 3.63) is 74.8 Å². The van der Waals surface area contributed by atoms with Crippen LogP contribution in [-0.4, -0.2) is 27.8 Å². The summed E-state index contributed by atoms with van der Waals surface area (Å²) in [4.78, 5) is 18.0. The Labute approximate surface area is 182 Å². The van der Waals surface area contributed by atoms with E-state index in [-0.39, 0.29) is 5.56 Å². The predicted molar refractivity (Wildman–Crippen MR) is 118 cm³/mol. The van der Waals surface area contributed by atoms with Crippen LogP contribution < -0.4 is 24.3 Å². The molecule has 1 aliphatic rings. The summed E-state index contributed by atoms with van der Waals surface area (Å²) in [6.07, 6.45) is 3.42. The molecule has 0 radical (unpaired) electrons. The summed E-state index contributed by atoms with van der Waals surface area (Å²) in [5, 5.41) is 4.40. The van der Waals surface area contributed by atoms with Crippen LogP contribution >= 0.6 is 11.3 Å². The lowest BCUT2D eigenvalue weighted by molar-refractivity contribution is 0.0852. The Morgan fingerprint density at radius 2 is 2.00 bits per heavy atom. The fourth-order valence-corrected chi connectivity index (χ4v) is 4.24. The van der Waals surface area contributed by atoms with Gasteiger partial charge in [0.15, 0.2) is 23.4 Å². The number of hydrogen-bond donors (Lipinski definition) is 0. The van der Waals surface area contributed by atoms with Crippen LogP contribution in [0, 0.1) is 0 Å². The summed E-state index contributed by atoms with van der Waals surface area (Å²) >= 11 is 1.30. The Balaban J connectivity index is 1.44. The molecule has 0 saturated heterocycles. The Hall–Kier alpha value is -3.39. The number of nitrogens with zero attached hydrogens (tertiary/aromatic N) is 3. The fraction of sp³-hybridized carbons (Fsp3) is 0.261. The van der Waals surface area contributed by atoms with Crippen molar-refractivity contribution in [2.45, 2.75) is 25.9 Å². The number of rotatable bonds is 6. The molecule has 1 aliphatic heterocycles. The van der Waals surface area contributed by atoms with Gasteiger partial charge >= 0.3 is 0 Å². The summed E-state index contributed by atoms with van der Waals surface area (Å²) in [7, 11) is 0. The minimum absolute atomic E-state index is 0.209. The average Bonchev–Trinajstić information content (AvgIpc) is 3.34. The molecule has 0 N–H and O–H groups in total. The first kappa shape index (κ1) is 19.6. The normalized spacial score (nSPS) is 16.0. The Morgan fingerprint density at radius 1 is 1.19 bits per heavy atom. The van der Waals surface area contributed by atoms with E-state index in [2.05, 4.69) is 17.0 Å². The molecule has 4 aromatic rings. The van der Waals surface area contributed by atoms with E-state index in [0.29, 0.717) is 40.0 Å². The first-order chi connectivity index (χ1) is 15.2. The molecule has 1 atom stereocenters. The number of thiazole rings is 1. The summed E-state index contributed by atoms with van der Waals surface area (Å²) in [5.41, 5.74) is 0.653. The van der Waals surface area contributed by atoms with Gasteiger partial charge in [-0.15, -0.1) is 5.10 Å². The SMILES string of the molecule is CCCCOc1ccccc1C=c1sc2nc(C3COc4ccccc4O3)nn2c1=O. The van der Waals surface area contributed by atoms with Crippen LogP contribution in [0.5, 0.6) is 17.2 Å². The van der Waals surface area contributed by atoms with Crippen LogP contribution in [0.25, 0.3) is 11.0 Å². The van der Waals surface area contributed by atoms with E-state index in [4.69, 9.17) is 14.2 Å². The summed E-state index contributed by atoms with van der Waals surface area (Å²) in [6, 6.07) is 15.2. The lowest BCUT2D eigenvalue weighted by Crippen LogP contribution is -2.26. The molecule has 3 heterocycles. The largest absolute Gasteiger partial charge is 0.493 e. The minimum atomic E-state index is -0.457. The van der Waals surface area contributed by atoms with E-state index >= 15 is 0 Å². The number of para-hydroxylation sites is 3. The molecule has 2 aromatic heterocycles. The van der Waals surface area contributed by atoms with Crippen LogP contribution in [0.3, 0.4) is 0 Å². The third kappa shape index (κ3) is 3.86. The van der Waals surface area contributed by atoms with Gasteiger partial charge in [0.25, 0.3) is 5.56 Å². The highest BCUT2D eigenvalue weighted by atomic mass is 32.1. The first-order valence-electron chi connectivity index (χ1n) is 10.2. The van der Waals surface area contributed by atoms with Crippen molar-refractivity contribution in [1.82, 2.24) is 14.6 Å². The Kier molecular flexibility index (Phi) is 5.30. The molecule has 0 bridgehead atoms. The van der Waals surface area contributed by atoms with Crippen molar-refractivity contribution in [1.29, 1.82) is 0 Å². The van der Waals surface area contributed by atoms with Crippen LogP contribution in [0.2, 0.25) is 0 Å². The second-order valence-corrected chi connectivity index (χ2v) is 8.19. The van der Waals surface area contributed by atoms with Gasteiger partial charge < -0.3 is 14.2 Å². The van der Waals surface area contributed by atoms with Gasteiger partial charge in [0.2, 0.25) is 4.96 Å². The van der Waals surface area contributed by atoms with Crippen LogP contribution in [0.1, 0.15) is 37.3 Å². The smallest absolute Gasteiger partial charge is 0.291 e. The highest BCUT2D eigenvalue weighted by Gasteiger charge is 2.27. The van der Waals surface area contributed by atoms with Crippen molar-refractivity contribution < 1.29 is 14.2 Å². The summed E-state index contributed by atoms with van der Waals surface area (Å²) < 4.78 is 19.5. The van der Waals surface area contributed by atoms with E-state index in [9.17, 15) is 4.79 Å². The number of aromatic nitrogens is 3. The number of fused-ring (bicyclic) bond motifs is 2. The molecule has 5 rings (SSSR count). The van der Waals surface area contributed by atoms with Crippen molar-refractivity contribution in [3.63, 3.8) is 0 Å². The van der Waals surface area contributed by atoms with E-state index in [1.165, 1.54) is 15.9 Å². The van der Waals surface area contributed by atoms with Crippen molar-refractivity contribution in [3.8, 4) is 17.2 Å². The molecule has 1 unspecified atom stereocenters. The third-order valence-electron chi connectivity index (χ3n) is 4.96. The molecule has 158 valence electrons. The Morgan fingerprint density at radius 3 is 2.84 bits per heavy atom. The molecule has 2 aromatic carbocycles. The Bertz CT molecular complexity index is 1330. The maximum atomic E-state index is 12.9. The second-order valence-electron chi connectivity index (χ2n) is 7.18. The number of hydrogen-bond acceptors (Lipinski definition) is 7. The molecule has 0 fully saturated rings. The molecular formula is C23H21N3O4S. The van der Waals surface area contributed by atoms with Gasteiger partial charge in [-0.2, -0.15) is 9.50 Å². The van der Waals surface area contributed by atoms with Crippen molar-refractivity contribution >= 4 is 22.4 Å². The molecule has 8 heteroatoms. The van der Waals surface area contributed by atoms with Crippen LogP contribution in [0.4, 0.5) is 0 Å². The van der Waals surface area contributed by atoms with Crippen molar-refractivity contribution in [2.24, 2.45) is 0 Å². The van der Waals surface area contributed by atoms with Gasteiger partial charge in [0, 0.05) is 5.56 Å². The van der Waals surface area contributed by atoms with E-state index in [0.717, 1.165) is 24.2 Å². The molecule has 31 heavy (non-hydrogen) atoms. The number of unbranched alkanes of at least 4 members (excludes halogenated alkanes) is 1. The topological polar surface area (TPSA) is 74.9 Å². The van der Waals surface area contributed by atoms with Gasteiger partial charge in [0.1, 0.15) is 12.4 Å². The number of benzene rings is 2. The standard InChI is InChI=1S/C23H21N3O4S/c1-2-3-12-28-16-9-5-4-8-15(16)13-20-22(27)26-23(31-20)24-21(25-26)19-14-29-17-10-6-7-11-18(17)30-19/h4-11,13,19H,2-3,12,14H2,1H3. The highest BCUT2D eigenvalue weighted by molar-refractivity contribution is 7.15. The monoisotopic (exact) mass is 435 g/mol. The fourth-order valence-electron chi connectivity index (χ4n) is 3.33. The van der Waals surface area contributed by atoms with Gasteiger partial charge in [0.05, 0.1) is 11.1 Å². The maximum absolute atomic E-state index is 12.9. The van der Waals surface area contributed by atoms with Gasteiger partial charge in [-0.1, -0.05) is 55.0 Å². The maximum Gasteiger partial charge on any atom is 0.291 e. The van der Waals surface area contributed by atoms with Crippen LogP contribution in [0.15, 0.2) is 53.3 Å². The van der Waals surface area contributed by atoms with Crippen LogP contribution in [-0.2, 0) is 0 Å². The highest BCUT2D eigenvalue weighted by Crippen LogP contribution is 2.35. The quantitative estimate of drug-likeness (QED) is 0.432. The second kappa shape index (κ2) is 8.39. The number of ether oxygens (including phenoxy) is 3. The minimum Gasteiger partial charge on any atom is -0.493 e. The molecule has 0 saturated carbocycles. The zero-order valence-corrected chi connectivity index (χ0v) is 17.8.